The van der Waals surface area contributed by atoms with Gasteiger partial charge in [-0.05, 0) is 49.1 Å². The van der Waals surface area contributed by atoms with Gasteiger partial charge in [0.1, 0.15) is 11.5 Å². The van der Waals surface area contributed by atoms with Crippen LogP contribution in [0.25, 0.3) is 10.4 Å². The van der Waals surface area contributed by atoms with E-state index in [1.807, 2.05) is 55.0 Å². The number of allylic oxidation sites excluding steroid dienone is 1. The second-order valence-electron chi connectivity index (χ2n) is 10.2. The van der Waals surface area contributed by atoms with Gasteiger partial charge in [0.2, 0.25) is 0 Å². The quantitative estimate of drug-likeness (QED) is 0.156. The van der Waals surface area contributed by atoms with Crippen LogP contribution in [0.15, 0.2) is 70.3 Å². The molecule has 1 aromatic heterocycles. The molecule has 0 spiro atoms. The molecule has 2 aliphatic rings. The molecule has 3 heterocycles. The second kappa shape index (κ2) is 11.4. The number of amidine groups is 1. The van der Waals surface area contributed by atoms with Gasteiger partial charge < -0.3 is 10.0 Å². The van der Waals surface area contributed by atoms with Crippen molar-refractivity contribution in [3.8, 4) is 16.6 Å². The highest BCUT2D eigenvalue weighted by molar-refractivity contribution is 7.13. The van der Waals surface area contributed by atoms with Gasteiger partial charge in [0.05, 0.1) is 41.3 Å². The van der Waals surface area contributed by atoms with Crippen LogP contribution in [0.2, 0.25) is 0 Å². The minimum absolute atomic E-state index is 0.0737. The number of carbonyl (C=O) groups excluding carboxylic acids is 2. The molecule has 9 nitrogen and oxygen atoms in total. The third kappa shape index (κ3) is 5.26. The van der Waals surface area contributed by atoms with E-state index in [0.29, 0.717) is 23.5 Å². The van der Waals surface area contributed by atoms with E-state index in [1.165, 1.54) is 9.80 Å². The van der Waals surface area contributed by atoms with E-state index in [9.17, 15) is 20.0 Å². The number of hydrogen-bond acceptors (Lipinski definition) is 7. The maximum Gasteiger partial charge on any atom is 0.271 e. The molecule has 2 N–H and O–H groups in total. The van der Waals surface area contributed by atoms with Gasteiger partial charge in [-0.3, -0.25) is 24.8 Å². The van der Waals surface area contributed by atoms with Crippen LogP contribution in [-0.2, 0) is 17.9 Å². The van der Waals surface area contributed by atoms with Crippen molar-refractivity contribution in [1.29, 1.82) is 5.26 Å². The molecule has 1 saturated heterocycles. The largest absolute Gasteiger partial charge is 0.391 e. The Hall–Kier alpha value is -4.33. The molecular weight excluding hydrogens is 524 g/mol. The average molecular weight is 555 g/mol. The lowest BCUT2D eigenvalue weighted by Gasteiger charge is -2.29. The van der Waals surface area contributed by atoms with E-state index in [2.05, 4.69) is 15.3 Å². The fraction of sp³-hybridized carbons (Fsp3) is 0.300. The number of hydrogen-bond donors (Lipinski definition) is 2. The first-order valence-electron chi connectivity index (χ1n) is 13.0. The molecule has 5 rings (SSSR count). The number of amides is 2. The van der Waals surface area contributed by atoms with Crippen LogP contribution in [0.3, 0.4) is 0 Å². The molecule has 1 fully saturated rings. The summed E-state index contributed by atoms with van der Waals surface area (Å²) in [6, 6.07) is 14.7. The Morgan fingerprint density at radius 3 is 2.62 bits per heavy atom. The van der Waals surface area contributed by atoms with Gasteiger partial charge in [-0.1, -0.05) is 42.5 Å². The number of carbonyl (C=O) groups is 2. The topological polar surface area (TPSA) is 122 Å². The van der Waals surface area contributed by atoms with E-state index >= 15 is 0 Å². The Balaban J connectivity index is 1.38. The summed E-state index contributed by atoms with van der Waals surface area (Å²) in [5, 5.41) is 22.7. The Labute approximate surface area is 237 Å². The number of rotatable bonds is 6. The number of aliphatic hydroxyl groups is 1. The Morgan fingerprint density at radius 1 is 1.23 bits per heavy atom. The summed E-state index contributed by atoms with van der Waals surface area (Å²) in [6.45, 7) is 6.24. The zero-order valence-corrected chi connectivity index (χ0v) is 23.4. The molecule has 0 saturated carbocycles. The van der Waals surface area contributed by atoms with E-state index in [0.717, 1.165) is 27.3 Å². The maximum atomic E-state index is 14.0. The first-order chi connectivity index (χ1) is 19.3. The van der Waals surface area contributed by atoms with Gasteiger partial charge >= 0.3 is 0 Å². The van der Waals surface area contributed by atoms with Crippen molar-refractivity contribution >= 4 is 29.0 Å². The number of aliphatic hydroxyl groups excluding tert-OH is 1. The molecule has 2 atom stereocenters. The lowest BCUT2D eigenvalue weighted by atomic mass is 10.1. The van der Waals surface area contributed by atoms with Crippen LogP contribution in [-0.4, -0.2) is 56.2 Å². The van der Waals surface area contributed by atoms with Crippen LogP contribution in [0.1, 0.15) is 47.4 Å². The highest BCUT2D eigenvalue weighted by atomic mass is 32.1. The van der Waals surface area contributed by atoms with Gasteiger partial charge in [-0.25, -0.2) is 4.98 Å². The summed E-state index contributed by atoms with van der Waals surface area (Å²) in [6.07, 6.45) is 1.38. The fourth-order valence-corrected chi connectivity index (χ4v) is 6.08. The number of β-amino-alcohol motifs (C(OH)–C–C–N with tert-alkyl or cyclic N) is 1. The molecule has 10 heteroatoms. The van der Waals surface area contributed by atoms with Gasteiger partial charge in [0.15, 0.2) is 6.19 Å². The Morgan fingerprint density at radius 2 is 1.98 bits per heavy atom. The van der Waals surface area contributed by atoms with Crippen molar-refractivity contribution in [2.45, 2.75) is 52.4 Å². The van der Waals surface area contributed by atoms with Crippen molar-refractivity contribution in [3.05, 3.63) is 87.7 Å². The predicted octanol–water partition coefficient (Wildman–Crippen LogP) is 4.00. The molecule has 2 aliphatic heterocycles. The standard InChI is InChI=1S/C30H30N6O3S/c1-18(2)26(36-14-22-6-4-5-7-24(22)29(36)38)30(39)35-15-23(37)12-25(35)28(33-16-31)32-13-20-8-10-21(11-9-20)27-19(3)34-17-40-27/h4-11,17,23,25,37H,12-15H2,1-3H3,(H,32,33)/t23-,25+/m1/s1. The van der Waals surface area contributed by atoms with E-state index < -0.39 is 12.1 Å². The van der Waals surface area contributed by atoms with Crippen LogP contribution >= 0.6 is 11.3 Å². The number of aliphatic imine (C=N–C) groups is 1. The first kappa shape index (κ1) is 27.2. The highest BCUT2D eigenvalue weighted by Gasteiger charge is 2.42. The monoisotopic (exact) mass is 554 g/mol. The molecule has 3 aromatic rings. The third-order valence-corrected chi connectivity index (χ3v) is 8.18. The summed E-state index contributed by atoms with van der Waals surface area (Å²) in [7, 11) is 0. The van der Waals surface area contributed by atoms with Crippen LogP contribution < -0.4 is 5.32 Å². The van der Waals surface area contributed by atoms with Gasteiger partial charge in [0, 0.05) is 18.5 Å². The lowest BCUT2D eigenvalue weighted by Crippen LogP contribution is -2.48. The molecule has 40 heavy (non-hydrogen) atoms. The van der Waals surface area contributed by atoms with E-state index in [-0.39, 0.29) is 37.0 Å². The number of nitrogens with zero attached hydrogens (tertiary/aromatic N) is 5. The second-order valence-corrected chi connectivity index (χ2v) is 11.0. The minimum Gasteiger partial charge on any atom is -0.391 e. The zero-order valence-electron chi connectivity index (χ0n) is 22.6. The average Bonchev–Trinajstić information content (AvgIpc) is 3.64. The summed E-state index contributed by atoms with van der Waals surface area (Å²) in [5.41, 5.74) is 7.23. The summed E-state index contributed by atoms with van der Waals surface area (Å²) in [4.78, 5) is 40.3. The number of likely N-dealkylation sites (tertiary alicyclic amines) is 1. The summed E-state index contributed by atoms with van der Waals surface area (Å²) < 4.78 is 0. The van der Waals surface area contributed by atoms with Crippen LogP contribution in [0.4, 0.5) is 0 Å². The van der Waals surface area contributed by atoms with Crippen LogP contribution in [0, 0.1) is 18.4 Å². The van der Waals surface area contributed by atoms with E-state index in [4.69, 9.17) is 0 Å². The number of benzene rings is 2. The fourth-order valence-electron chi connectivity index (χ4n) is 5.27. The van der Waals surface area contributed by atoms with Crippen molar-refractivity contribution in [2.75, 3.05) is 6.54 Å². The van der Waals surface area contributed by atoms with Gasteiger partial charge in [0.25, 0.3) is 11.8 Å². The molecule has 2 aromatic carbocycles. The molecule has 204 valence electrons. The Bertz CT molecular complexity index is 1550. The SMILES string of the molecule is CC(C)=C(C(=O)N1C[C@H](O)C[C@H]1C(=NCc1ccc(-c2scnc2C)cc1)NC#N)N1Cc2ccccc2C1=O. The number of fused-ring (bicyclic) bond motifs is 1. The molecule has 0 aliphatic carbocycles. The first-order valence-corrected chi connectivity index (χ1v) is 13.9. The van der Waals surface area contributed by atoms with Gasteiger partial charge in [-0.15, -0.1) is 11.3 Å². The number of aromatic nitrogens is 1. The lowest BCUT2D eigenvalue weighted by molar-refractivity contribution is -0.128. The van der Waals surface area contributed by atoms with Gasteiger partial charge in [-0.2, -0.15) is 5.26 Å². The van der Waals surface area contributed by atoms with Crippen molar-refractivity contribution in [3.63, 3.8) is 0 Å². The van der Waals surface area contributed by atoms with Crippen LogP contribution in [0.5, 0.6) is 0 Å². The zero-order chi connectivity index (χ0) is 28.4. The van der Waals surface area contributed by atoms with Crippen molar-refractivity contribution in [2.24, 2.45) is 4.99 Å². The number of thiazole rings is 1. The number of nitriles is 1. The minimum atomic E-state index is -0.786. The van der Waals surface area contributed by atoms with E-state index in [1.54, 1.807) is 37.3 Å². The molecular formula is C30H30N6O3S. The van der Waals surface area contributed by atoms with Crippen molar-refractivity contribution < 1.29 is 14.7 Å². The molecule has 0 bridgehead atoms. The highest BCUT2D eigenvalue weighted by Crippen LogP contribution is 2.31. The Kier molecular flexibility index (Phi) is 7.78. The molecule has 0 unspecified atom stereocenters. The number of aryl methyl sites for hydroxylation is 1. The normalized spacial score (nSPS) is 18.5. The third-order valence-electron chi connectivity index (χ3n) is 7.20. The predicted molar refractivity (Wildman–Crippen MR) is 153 cm³/mol. The molecule has 2 amide bonds. The summed E-state index contributed by atoms with van der Waals surface area (Å²) >= 11 is 1.59. The molecule has 0 radical (unpaired) electrons. The number of nitrogens with one attached hydrogen (secondary N) is 1. The van der Waals surface area contributed by atoms with Crippen molar-refractivity contribution in [1.82, 2.24) is 20.1 Å². The maximum absolute atomic E-state index is 14.0. The summed E-state index contributed by atoms with van der Waals surface area (Å²) in [5.74, 6) is -0.296. The smallest absolute Gasteiger partial charge is 0.271 e.